The summed E-state index contributed by atoms with van der Waals surface area (Å²) in [7, 11) is 2.24. The van der Waals surface area contributed by atoms with Crippen molar-refractivity contribution in [3.63, 3.8) is 0 Å². The van der Waals surface area contributed by atoms with E-state index < -0.39 is 0 Å². The van der Waals surface area contributed by atoms with Gasteiger partial charge in [0.1, 0.15) is 0 Å². The second-order valence-corrected chi connectivity index (χ2v) is 6.84. The SMILES string of the molecule is CC.CC.CC.CCC12CCCN1CCC2.CCCC1CCCN1C. The molecule has 3 heterocycles. The van der Waals surface area contributed by atoms with Crippen molar-refractivity contribution in [2.24, 2.45) is 0 Å². The number of rotatable bonds is 3. The maximum Gasteiger partial charge on any atom is 0.0207 e. The summed E-state index contributed by atoms with van der Waals surface area (Å²) in [5.41, 5.74) is 0.681. The van der Waals surface area contributed by atoms with Crippen molar-refractivity contribution in [3.8, 4) is 0 Å². The number of hydrogen-bond acceptors (Lipinski definition) is 2. The van der Waals surface area contributed by atoms with E-state index in [-0.39, 0.29) is 0 Å². The minimum Gasteiger partial charge on any atom is -0.303 e. The summed E-state index contributed by atoms with van der Waals surface area (Å²) in [6, 6.07) is 0.912. The molecule has 0 N–H and O–H groups in total. The molecule has 1 atom stereocenters. The Morgan fingerprint density at radius 3 is 1.64 bits per heavy atom. The predicted octanol–water partition coefficient (Wildman–Crippen LogP) is 6.98. The maximum atomic E-state index is 2.72. The van der Waals surface area contributed by atoms with E-state index in [1.54, 1.807) is 0 Å². The standard InChI is InChI=1S/C9H17N.C8H17N.3C2H6/c1-2-9-5-3-7-10(9)8-4-6-9;1-3-5-8-6-4-7-9(8)2;3*1-2/h2-8H2,1H3;8H,3-7H2,1-2H3;3*1-2H3. The molecule has 154 valence electrons. The van der Waals surface area contributed by atoms with Gasteiger partial charge in [0.15, 0.2) is 0 Å². The smallest absolute Gasteiger partial charge is 0.0207 e. The Morgan fingerprint density at radius 1 is 0.800 bits per heavy atom. The van der Waals surface area contributed by atoms with Crippen LogP contribution in [-0.2, 0) is 0 Å². The molecular weight excluding hydrogens is 304 g/mol. The molecule has 3 aliphatic heterocycles. The Morgan fingerprint density at radius 2 is 1.32 bits per heavy atom. The highest BCUT2D eigenvalue weighted by Crippen LogP contribution is 2.40. The van der Waals surface area contributed by atoms with E-state index in [2.05, 4.69) is 30.7 Å². The third-order valence-electron chi connectivity index (χ3n) is 5.76. The first-order chi connectivity index (χ1) is 12.2. The van der Waals surface area contributed by atoms with Crippen LogP contribution in [0.4, 0.5) is 0 Å². The van der Waals surface area contributed by atoms with Crippen LogP contribution < -0.4 is 0 Å². The van der Waals surface area contributed by atoms with Crippen molar-refractivity contribution < 1.29 is 0 Å². The Bertz CT molecular complexity index is 255. The molecule has 25 heavy (non-hydrogen) atoms. The summed E-state index contributed by atoms with van der Waals surface area (Å²) < 4.78 is 0. The zero-order valence-corrected chi connectivity index (χ0v) is 19.5. The molecule has 3 aliphatic rings. The lowest BCUT2D eigenvalue weighted by Crippen LogP contribution is -2.37. The molecule has 0 aromatic rings. The molecule has 0 amide bonds. The Balaban J connectivity index is 0. The van der Waals surface area contributed by atoms with E-state index in [4.69, 9.17) is 0 Å². The van der Waals surface area contributed by atoms with Crippen molar-refractivity contribution in [3.05, 3.63) is 0 Å². The van der Waals surface area contributed by atoms with Crippen LogP contribution in [0.2, 0.25) is 0 Å². The van der Waals surface area contributed by atoms with Gasteiger partial charge in [-0.05, 0) is 78.0 Å². The number of likely N-dealkylation sites (tertiary alicyclic amines) is 1. The van der Waals surface area contributed by atoms with E-state index in [1.807, 2.05) is 41.5 Å². The van der Waals surface area contributed by atoms with Crippen LogP contribution >= 0.6 is 0 Å². The van der Waals surface area contributed by atoms with Gasteiger partial charge in [0.25, 0.3) is 0 Å². The minimum absolute atomic E-state index is 0.681. The summed E-state index contributed by atoms with van der Waals surface area (Å²) in [5, 5.41) is 0. The third-order valence-corrected chi connectivity index (χ3v) is 5.76. The van der Waals surface area contributed by atoms with Crippen LogP contribution in [0, 0.1) is 0 Å². The first-order valence-corrected chi connectivity index (χ1v) is 11.7. The van der Waals surface area contributed by atoms with Gasteiger partial charge in [0.2, 0.25) is 0 Å². The minimum atomic E-state index is 0.681. The highest BCUT2D eigenvalue weighted by molar-refractivity contribution is 4.98. The van der Waals surface area contributed by atoms with Gasteiger partial charge in [-0.3, -0.25) is 4.90 Å². The summed E-state index contributed by atoms with van der Waals surface area (Å²) >= 11 is 0. The summed E-state index contributed by atoms with van der Waals surface area (Å²) in [5.74, 6) is 0. The number of nitrogens with zero attached hydrogens (tertiary/aromatic N) is 2. The zero-order valence-electron chi connectivity index (χ0n) is 19.5. The normalized spacial score (nSPS) is 23.6. The van der Waals surface area contributed by atoms with Gasteiger partial charge in [-0.25, -0.2) is 0 Å². The molecule has 0 radical (unpaired) electrons. The molecule has 0 spiro atoms. The zero-order chi connectivity index (χ0) is 19.7. The van der Waals surface area contributed by atoms with Crippen LogP contribution in [0.5, 0.6) is 0 Å². The van der Waals surface area contributed by atoms with E-state index >= 15 is 0 Å². The van der Waals surface area contributed by atoms with Crippen LogP contribution in [0.1, 0.15) is 113 Å². The molecule has 2 nitrogen and oxygen atoms in total. The molecule has 0 aromatic heterocycles. The largest absolute Gasteiger partial charge is 0.303 e. The van der Waals surface area contributed by atoms with Crippen molar-refractivity contribution >= 4 is 0 Å². The Labute approximate surface area is 161 Å². The molecular formula is C23H52N2. The lowest BCUT2D eigenvalue weighted by Gasteiger charge is -2.30. The highest BCUT2D eigenvalue weighted by atomic mass is 15.2. The first kappa shape index (κ1) is 27.1. The second kappa shape index (κ2) is 17.3. The quantitative estimate of drug-likeness (QED) is 0.538. The fourth-order valence-electron chi connectivity index (χ4n) is 4.48. The molecule has 3 rings (SSSR count). The fourth-order valence-corrected chi connectivity index (χ4v) is 4.48. The molecule has 0 aliphatic carbocycles. The Hall–Kier alpha value is -0.0800. The van der Waals surface area contributed by atoms with Gasteiger partial charge in [-0.2, -0.15) is 0 Å². The van der Waals surface area contributed by atoms with E-state index in [9.17, 15) is 0 Å². The van der Waals surface area contributed by atoms with E-state index in [1.165, 1.54) is 77.4 Å². The third kappa shape index (κ3) is 8.91. The lowest BCUT2D eigenvalue weighted by molar-refractivity contribution is 0.189. The van der Waals surface area contributed by atoms with Gasteiger partial charge in [-0.1, -0.05) is 61.8 Å². The molecule has 2 heteroatoms. The molecule has 3 fully saturated rings. The van der Waals surface area contributed by atoms with Crippen molar-refractivity contribution in [1.82, 2.24) is 9.80 Å². The maximum absolute atomic E-state index is 2.72. The molecule has 0 saturated carbocycles. The van der Waals surface area contributed by atoms with Crippen molar-refractivity contribution in [1.29, 1.82) is 0 Å². The van der Waals surface area contributed by atoms with Gasteiger partial charge in [0, 0.05) is 11.6 Å². The highest BCUT2D eigenvalue weighted by Gasteiger charge is 2.42. The molecule has 3 saturated heterocycles. The van der Waals surface area contributed by atoms with Crippen LogP contribution in [0.25, 0.3) is 0 Å². The van der Waals surface area contributed by atoms with E-state index in [0.29, 0.717) is 5.54 Å². The van der Waals surface area contributed by atoms with Crippen LogP contribution in [-0.4, -0.2) is 48.1 Å². The average molecular weight is 357 g/mol. The van der Waals surface area contributed by atoms with Crippen molar-refractivity contribution in [2.75, 3.05) is 26.7 Å². The van der Waals surface area contributed by atoms with Gasteiger partial charge in [-0.15, -0.1) is 0 Å². The fraction of sp³-hybridized carbons (Fsp3) is 1.00. The second-order valence-electron chi connectivity index (χ2n) is 6.84. The topological polar surface area (TPSA) is 6.48 Å². The summed E-state index contributed by atoms with van der Waals surface area (Å²) in [6.45, 7) is 20.7. The molecule has 0 aromatic carbocycles. The van der Waals surface area contributed by atoms with Gasteiger partial charge >= 0.3 is 0 Å². The molecule has 1 unspecified atom stereocenters. The van der Waals surface area contributed by atoms with Crippen LogP contribution in [0.3, 0.4) is 0 Å². The summed E-state index contributed by atoms with van der Waals surface area (Å²) in [4.78, 5) is 5.20. The van der Waals surface area contributed by atoms with E-state index in [0.717, 1.165) is 6.04 Å². The monoisotopic (exact) mass is 356 g/mol. The average Bonchev–Trinajstić information content (AvgIpc) is 3.37. The van der Waals surface area contributed by atoms with Crippen LogP contribution in [0.15, 0.2) is 0 Å². The number of hydrogen-bond donors (Lipinski definition) is 0. The Kier molecular flexibility index (Phi) is 18.8. The van der Waals surface area contributed by atoms with Gasteiger partial charge in [0.05, 0.1) is 0 Å². The summed E-state index contributed by atoms with van der Waals surface area (Å²) in [6.07, 6.45) is 12.8. The molecule has 0 bridgehead atoms. The van der Waals surface area contributed by atoms with Gasteiger partial charge < -0.3 is 4.90 Å². The first-order valence-electron chi connectivity index (χ1n) is 11.7. The van der Waals surface area contributed by atoms with Crippen molar-refractivity contribution in [2.45, 2.75) is 125 Å². The predicted molar refractivity (Wildman–Crippen MR) is 118 cm³/mol. The number of fused-ring (bicyclic) bond motifs is 1. The lowest BCUT2D eigenvalue weighted by atomic mass is 9.91.